The van der Waals surface area contributed by atoms with Crippen LogP contribution in [0.3, 0.4) is 0 Å². The quantitative estimate of drug-likeness (QED) is 0.673. The highest BCUT2D eigenvalue weighted by atomic mass is 32.2. The summed E-state index contributed by atoms with van der Waals surface area (Å²) in [5.74, 6) is -2.42. The van der Waals surface area contributed by atoms with Gasteiger partial charge in [-0.1, -0.05) is 0 Å². The third-order valence-electron chi connectivity index (χ3n) is 3.45. The molecule has 1 unspecified atom stereocenters. The predicted octanol–water partition coefficient (Wildman–Crippen LogP) is 3.26. The average molecular weight is 344 g/mol. The number of hydrogen-bond acceptors (Lipinski definition) is 3. The van der Waals surface area contributed by atoms with E-state index in [0.29, 0.717) is 0 Å². The molecule has 0 aliphatic rings. The summed E-state index contributed by atoms with van der Waals surface area (Å²) < 4.78 is 87.5. The Balaban J connectivity index is 3.37. The van der Waals surface area contributed by atoms with Gasteiger partial charge in [-0.15, -0.1) is 0 Å². The zero-order valence-electron chi connectivity index (χ0n) is 12.4. The molecule has 0 saturated heterocycles. The van der Waals surface area contributed by atoms with Gasteiger partial charge < -0.3 is 4.74 Å². The summed E-state index contributed by atoms with van der Waals surface area (Å²) in [5.41, 5.74) is 0.520. The monoisotopic (exact) mass is 344 g/mol. The van der Waals surface area contributed by atoms with Crippen molar-refractivity contribution in [1.29, 1.82) is 0 Å². The zero-order valence-corrected chi connectivity index (χ0v) is 13.2. The minimum absolute atomic E-state index is 0.117. The van der Waals surface area contributed by atoms with Gasteiger partial charge in [-0.2, -0.15) is 21.6 Å². The van der Waals surface area contributed by atoms with Crippen LogP contribution in [0.5, 0.6) is 5.75 Å². The van der Waals surface area contributed by atoms with Gasteiger partial charge in [0, 0.05) is 0 Å². The molecule has 0 heterocycles. The van der Waals surface area contributed by atoms with Gasteiger partial charge in [-0.3, -0.25) is 4.55 Å². The molecule has 22 heavy (non-hydrogen) atoms. The summed E-state index contributed by atoms with van der Waals surface area (Å²) in [7, 11) is -4.90. The van der Waals surface area contributed by atoms with Gasteiger partial charge in [0.1, 0.15) is 17.3 Å². The number of hydrogen-bond donors (Lipinski definition) is 1. The largest absolute Gasteiger partial charge is 0.479 e. The fourth-order valence-corrected chi connectivity index (χ4v) is 2.58. The molecule has 1 atom stereocenters. The molecule has 1 rings (SSSR count). The molecule has 0 aromatic heterocycles. The van der Waals surface area contributed by atoms with Crippen LogP contribution in [0.4, 0.5) is 17.6 Å². The van der Waals surface area contributed by atoms with Crippen molar-refractivity contribution >= 4 is 10.1 Å². The molecule has 0 saturated carbocycles. The van der Waals surface area contributed by atoms with Crippen LogP contribution in [0.15, 0.2) is 0 Å². The van der Waals surface area contributed by atoms with Gasteiger partial charge in [-0.05, 0) is 49.9 Å². The molecule has 1 aromatic rings. The first-order valence-corrected chi connectivity index (χ1v) is 7.81. The Hall–Kier alpha value is -1.35. The zero-order chi connectivity index (χ0) is 17.5. The number of halogens is 4. The van der Waals surface area contributed by atoms with Gasteiger partial charge in [0.2, 0.25) is 6.10 Å². The van der Waals surface area contributed by atoms with Crippen molar-refractivity contribution in [3.63, 3.8) is 0 Å². The maximum atomic E-state index is 13.9. The van der Waals surface area contributed by atoms with Gasteiger partial charge >= 0.3 is 6.18 Å². The third-order valence-corrected chi connectivity index (χ3v) is 4.18. The van der Waals surface area contributed by atoms with Crippen molar-refractivity contribution in [3.05, 3.63) is 28.1 Å². The van der Waals surface area contributed by atoms with Crippen LogP contribution < -0.4 is 4.74 Å². The van der Waals surface area contributed by atoms with Crippen LogP contribution in [0, 0.1) is 33.5 Å². The maximum absolute atomic E-state index is 13.9. The lowest BCUT2D eigenvalue weighted by Crippen LogP contribution is -2.40. The third kappa shape index (κ3) is 4.10. The Bertz CT molecular complexity index is 651. The van der Waals surface area contributed by atoms with Crippen LogP contribution in [0.25, 0.3) is 0 Å². The minimum Gasteiger partial charge on any atom is -0.479 e. The van der Waals surface area contributed by atoms with Crippen molar-refractivity contribution in [1.82, 2.24) is 0 Å². The fraction of sp³-hybridized carbons (Fsp3) is 0.538. The Kier molecular flexibility index (Phi) is 5.13. The van der Waals surface area contributed by atoms with Crippen molar-refractivity contribution in [2.45, 2.75) is 40.0 Å². The molecule has 9 heteroatoms. The molecule has 0 amide bonds. The molecule has 0 aliphatic heterocycles. The van der Waals surface area contributed by atoms with E-state index in [2.05, 4.69) is 0 Å². The molecule has 4 nitrogen and oxygen atoms in total. The van der Waals surface area contributed by atoms with Crippen LogP contribution in [-0.4, -0.2) is 31.0 Å². The first kappa shape index (κ1) is 18.7. The van der Waals surface area contributed by atoms with E-state index in [1.807, 2.05) is 0 Å². The first-order valence-electron chi connectivity index (χ1n) is 6.20. The SMILES string of the molecule is Cc1c(C)c(OC(CS(=O)(=O)O)C(F)(F)F)c(C)c(C)c1F. The van der Waals surface area contributed by atoms with E-state index in [4.69, 9.17) is 9.29 Å². The van der Waals surface area contributed by atoms with E-state index in [1.165, 1.54) is 27.7 Å². The second-order valence-electron chi connectivity index (χ2n) is 5.04. The standard InChI is InChI=1S/C13H16F4O4S/c1-6-8(3)12(9(4)7(2)11(6)14)21-10(13(15,16)17)5-22(18,19)20/h10H,5H2,1-4H3,(H,18,19,20). The van der Waals surface area contributed by atoms with E-state index in [9.17, 15) is 26.0 Å². The van der Waals surface area contributed by atoms with Gasteiger partial charge in [0.25, 0.3) is 10.1 Å². The second-order valence-corrected chi connectivity index (χ2v) is 6.54. The van der Waals surface area contributed by atoms with E-state index < -0.39 is 34.0 Å². The van der Waals surface area contributed by atoms with E-state index >= 15 is 0 Å². The molecule has 1 N–H and O–H groups in total. The smallest absolute Gasteiger partial charge is 0.426 e. The van der Waals surface area contributed by atoms with Crippen LogP contribution in [0.1, 0.15) is 22.3 Å². The topological polar surface area (TPSA) is 63.6 Å². The minimum atomic E-state index is -5.01. The Labute approximate surface area is 125 Å². The van der Waals surface area contributed by atoms with Crippen LogP contribution in [0.2, 0.25) is 0 Å². The van der Waals surface area contributed by atoms with Gasteiger partial charge in [-0.25, -0.2) is 4.39 Å². The maximum Gasteiger partial charge on any atom is 0.426 e. The molecule has 1 aromatic carbocycles. The number of benzene rings is 1. The average Bonchev–Trinajstić information content (AvgIpc) is 2.35. The highest BCUT2D eigenvalue weighted by molar-refractivity contribution is 7.85. The van der Waals surface area contributed by atoms with Gasteiger partial charge in [0.15, 0.2) is 0 Å². The molecule has 0 fully saturated rings. The van der Waals surface area contributed by atoms with E-state index in [0.717, 1.165) is 0 Å². The lowest BCUT2D eigenvalue weighted by Gasteiger charge is -2.24. The fourth-order valence-electron chi connectivity index (χ4n) is 1.94. The molecule has 0 bridgehead atoms. The van der Waals surface area contributed by atoms with Crippen molar-refractivity contribution in [2.75, 3.05) is 5.75 Å². The summed E-state index contributed by atoms with van der Waals surface area (Å²) in [6.45, 7) is 5.52. The molecule has 0 aliphatic carbocycles. The van der Waals surface area contributed by atoms with Crippen LogP contribution in [-0.2, 0) is 10.1 Å². The van der Waals surface area contributed by atoms with E-state index in [1.54, 1.807) is 0 Å². The molecule has 126 valence electrons. The number of rotatable bonds is 4. The number of ether oxygens (including phenoxy) is 1. The summed E-state index contributed by atoms with van der Waals surface area (Å²) in [6, 6.07) is 0. The van der Waals surface area contributed by atoms with Gasteiger partial charge in [0.05, 0.1) is 0 Å². The highest BCUT2D eigenvalue weighted by Crippen LogP contribution is 2.35. The lowest BCUT2D eigenvalue weighted by atomic mass is 9.99. The van der Waals surface area contributed by atoms with E-state index in [-0.39, 0.29) is 28.0 Å². The first-order chi connectivity index (χ1) is 9.75. The Morgan fingerprint density at radius 3 is 1.77 bits per heavy atom. The lowest BCUT2D eigenvalue weighted by molar-refractivity contribution is -0.188. The summed E-state index contributed by atoms with van der Waals surface area (Å²) in [4.78, 5) is 0. The second kappa shape index (κ2) is 6.04. The summed E-state index contributed by atoms with van der Waals surface area (Å²) in [6.07, 6.45) is -7.76. The van der Waals surface area contributed by atoms with Crippen molar-refractivity contribution < 1.29 is 35.3 Å². The molecular weight excluding hydrogens is 328 g/mol. The van der Waals surface area contributed by atoms with Crippen molar-refractivity contribution in [2.24, 2.45) is 0 Å². The Morgan fingerprint density at radius 2 is 1.45 bits per heavy atom. The van der Waals surface area contributed by atoms with Crippen molar-refractivity contribution in [3.8, 4) is 5.75 Å². The molecular formula is C13H16F4O4S. The number of alkyl halides is 3. The molecule has 0 spiro atoms. The summed E-state index contributed by atoms with van der Waals surface area (Å²) in [5, 5.41) is 0. The Morgan fingerprint density at radius 1 is 1.05 bits per heavy atom. The normalized spacial score (nSPS) is 14.0. The predicted molar refractivity (Wildman–Crippen MR) is 72.2 cm³/mol. The highest BCUT2D eigenvalue weighted by Gasteiger charge is 2.45. The van der Waals surface area contributed by atoms with Crippen LogP contribution >= 0.6 is 0 Å². The molecule has 0 radical (unpaired) electrons. The summed E-state index contributed by atoms with van der Waals surface area (Å²) >= 11 is 0.